The van der Waals surface area contributed by atoms with Crippen LogP contribution in [0.2, 0.25) is 5.02 Å². The maximum absolute atomic E-state index is 14.7. The zero-order valence-electron chi connectivity index (χ0n) is 21.8. The molecule has 2 aliphatic heterocycles. The van der Waals surface area contributed by atoms with Crippen LogP contribution in [0.5, 0.6) is 0 Å². The van der Waals surface area contributed by atoms with E-state index in [0.29, 0.717) is 0 Å². The van der Waals surface area contributed by atoms with Crippen molar-refractivity contribution in [3.05, 3.63) is 63.8 Å². The van der Waals surface area contributed by atoms with Crippen molar-refractivity contribution in [3.8, 4) is 11.1 Å². The normalized spacial score (nSPS) is 17.6. The predicted octanol–water partition coefficient (Wildman–Crippen LogP) is 4.80. The second-order valence-electron chi connectivity index (χ2n) is 9.50. The number of methoxy groups -OCH3 is 1. The number of halogens is 5. The molecule has 3 aromatic rings. The Labute approximate surface area is 241 Å². The molecule has 0 N–H and O–H groups in total. The molecule has 218 valence electrons. The fourth-order valence-electron chi connectivity index (χ4n) is 5.07. The van der Waals surface area contributed by atoms with E-state index in [1.54, 1.807) is 9.80 Å². The summed E-state index contributed by atoms with van der Waals surface area (Å²) >= 11 is 7.10. The minimum atomic E-state index is -4.81. The SMILES string of the molecule is C=CC(=O)N1CCN(c2nc(=O)n3c4c(c(-c5ccc(F)c(Cl)c5)c(C(F)(F)F)cc24)SC[C@H](OCOC)C3)CC1. The molecule has 5 rings (SSSR count). The molecule has 0 radical (unpaired) electrons. The first-order valence-electron chi connectivity index (χ1n) is 12.6. The van der Waals surface area contributed by atoms with Gasteiger partial charge >= 0.3 is 11.9 Å². The molecule has 0 saturated carbocycles. The quantitative estimate of drug-likeness (QED) is 0.225. The minimum absolute atomic E-state index is 0.0303. The molecule has 0 spiro atoms. The van der Waals surface area contributed by atoms with Crippen LogP contribution < -0.4 is 10.6 Å². The van der Waals surface area contributed by atoms with Crippen LogP contribution in [0.15, 0.2) is 46.6 Å². The summed E-state index contributed by atoms with van der Waals surface area (Å²) in [7, 11) is 1.44. The van der Waals surface area contributed by atoms with Crippen molar-refractivity contribution in [2.45, 2.75) is 23.7 Å². The Kier molecular flexibility index (Phi) is 8.33. The maximum Gasteiger partial charge on any atom is 0.417 e. The van der Waals surface area contributed by atoms with E-state index in [0.717, 1.165) is 30.0 Å². The number of amides is 1. The molecule has 2 aliphatic rings. The van der Waals surface area contributed by atoms with Crippen LogP contribution in [-0.2, 0) is 27.0 Å². The van der Waals surface area contributed by atoms with Gasteiger partial charge in [0.15, 0.2) is 0 Å². The maximum atomic E-state index is 14.7. The highest BCUT2D eigenvalue weighted by atomic mass is 35.5. The number of ether oxygens (including phenoxy) is 2. The van der Waals surface area contributed by atoms with Gasteiger partial charge in [-0.15, -0.1) is 11.8 Å². The number of carbonyl (C=O) groups excluding carboxylic acids is 1. The smallest absolute Gasteiger partial charge is 0.359 e. The summed E-state index contributed by atoms with van der Waals surface area (Å²) in [4.78, 5) is 33.3. The molecule has 1 amide bonds. The molecule has 1 fully saturated rings. The molecule has 1 aromatic heterocycles. The highest BCUT2D eigenvalue weighted by molar-refractivity contribution is 7.99. The van der Waals surface area contributed by atoms with Crippen molar-refractivity contribution in [2.24, 2.45) is 0 Å². The molecule has 2 aromatic carbocycles. The Morgan fingerprint density at radius 3 is 2.61 bits per heavy atom. The van der Waals surface area contributed by atoms with E-state index in [-0.39, 0.29) is 88.9 Å². The Hall–Kier alpha value is -3.13. The lowest BCUT2D eigenvalue weighted by molar-refractivity contribution is -0.137. The monoisotopic (exact) mass is 612 g/mol. The molecule has 41 heavy (non-hydrogen) atoms. The van der Waals surface area contributed by atoms with Gasteiger partial charge in [0.05, 0.1) is 28.8 Å². The van der Waals surface area contributed by atoms with Crippen LogP contribution >= 0.6 is 23.4 Å². The van der Waals surface area contributed by atoms with Gasteiger partial charge in [0, 0.05) is 54.9 Å². The summed E-state index contributed by atoms with van der Waals surface area (Å²) in [6, 6.07) is 4.38. The van der Waals surface area contributed by atoms with Crippen LogP contribution in [0, 0.1) is 5.82 Å². The van der Waals surface area contributed by atoms with Gasteiger partial charge in [-0.3, -0.25) is 9.36 Å². The summed E-state index contributed by atoms with van der Waals surface area (Å²) in [6.45, 7) is 4.52. The largest absolute Gasteiger partial charge is 0.417 e. The molecule has 8 nitrogen and oxygen atoms in total. The van der Waals surface area contributed by atoms with Crippen LogP contribution in [-0.4, -0.2) is 72.3 Å². The number of aromatic nitrogens is 2. The molecule has 1 saturated heterocycles. The van der Waals surface area contributed by atoms with Crippen LogP contribution in [0.25, 0.3) is 22.0 Å². The molecule has 14 heteroatoms. The third-order valence-corrected chi connectivity index (χ3v) is 8.51. The standard InChI is InChI=1S/C27H25ClF4N4O4S/c1-3-21(37)34-6-8-35(9-7-34)25-17-11-18(27(30,31)32)22(15-4-5-20(29)19(28)10-15)24-23(17)36(26(38)33-25)12-16(13-41-24)40-14-39-2/h3-5,10-11,16H,1,6-9,12-14H2,2H3/t16-/m1/s1. The molecule has 0 unspecified atom stereocenters. The average Bonchev–Trinajstić information content (AvgIpc) is 3.15. The minimum Gasteiger partial charge on any atom is -0.359 e. The second-order valence-corrected chi connectivity index (χ2v) is 10.9. The fraction of sp³-hybridized carbons (Fsp3) is 0.370. The van der Waals surface area contributed by atoms with Gasteiger partial charge in [-0.05, 0) is 29.8 Å². The lowest BCUT2D eigenvalue weighted by Gasteiger charge is -2.35. The number of benzene rings is 2. The summed E-state index contributed by atoms with van der Waals surface area (Å²) in [6.07, 6.45) is -4.19. The highest BCUT2D eigenvalue weighted by Gasteiger charge is 2.39. The van der Waals surface area contributed by atoms with Gasteiger partial charge in [0.1, 0.15) is 18.4 Å². The van der Waals surface area contributed by atoms with Crippen LogP contribution in [0.3, 0.4) is 0 Å². The number of hydrogen-bond donors (Lipinski definition) is 0. The Bertz CT molecular complexity index is 1570. The molecule has 0 aliphatic carbocycles. The molecule has 3 heterocycles. The van der Waals surface area contributed by atoms with Gasteiger partial charge < -0.3 is 19.3 Å². The topological polar surface area (TPSA) is 76.9 Å². The number of carbonyl (C=O) groups is 1. The van der Waals surface area contributed by atoms with Crippen molar-refractivity contribution in [1.29, 1.82) is 0 Å². The number of rotatable bonds is 6. The summed E-state index contributed by atoms with van der Waals surface area (Å²) in [5.41, 5.74) is -1.52. The Morgan fingerprint density at radius 2 is 1.98 bits per heavy atom. The Balaban J connectivity index is 1.77. The third kappa shape index (κ3) is 5.68. The van der Waals surface area contributed by atoms with Crippen molar-refractivity contribution in [1.82, 2.24) is 14.5 Å². The lowest BCUT2D eigenvalue weighted by Crippen LogP contribution is -2.49. The van der Waals surface area contributed by atoms with E-state index in [9.17, 15) is 27.2 Å². The number of alkyl halides is 3. The van der Waals surface area contributed by atoms with Crippen molar-refractivity contribution >= 4 is 46.0 Å². The molecular formula is C27H25ClF4N4O4S. The lowest BCUT2D eigenvalue weighted by atomic mass is 9.96. The molecule has 1 atom stereocenters. The van der Waals surface area contributed by atoms with Crippen molar-refractivity contribution in [2.75, 3.05) is 50.7 Å². The van der Waals surface area contributed by atoms with Crippen molar-refractivity contribution < 1.29 is 31.8 Å². The fourth-order valence-corrected chi connectivity index (χ4v) is 6.54. The van der Waals surface area contributed by atoms with E-state index in [2.05, 4.69) is 11.6 Å². The van der Waals surface area contributed by atoms with E-state index < -0.39 is 29.4 Å². The third-order valence-electron chi connectivity index (χ3n) is 7.00. The first kappa shape index (κ1) is 29.4. The van der Waals surface area contributed by atoms with E-state index in [4.69, 9.17) is 21.1 Å². The van der Waals surface area contributed by atoms with E-state index in [1.165, 1.54) is 23.8 Å². The van der Waals surface area contributed by atoms with Crippen LogP contribution in [0.4, 0.5) is 23.4 Å². The van der Waals surface area contributed by atoms with Gasteiger partial charge in [-0.1, -0.05) is 24.2 Å². The summed E-state index contributed by atoms with van der Waals surface area (Å²) in [5.74, 6) is -0.722. The number of hydrogen-bond acceptors (Lipinski definition) is 7. The zero-order chi connectivity index (χ0) is 29.5. The number of piperazine rings is 1. The first-order valence-corrected chi connectivity index (χ1v) is 13.9. The Morgan fingerprint density at radius 1 is 1.24 bits per heavy atom. The summed E-state index contributed by atoms with van der Waals surface area (Å²) in [5, 5.41) is -0.199. The molecule has 0 bridgehead atoms. The second kappa shape index (κ2) is 11.6. The van der Waals surface area contributed by atoms with Gasteiger partial charge in [0.2, 0.25) is 5.91 Å². The van der Waals surface area contributed by atoms with Crippen molar-refractivity contribution in [3.63, 3.8) is 0 Å². The number of anilines is 1. The van der Waals surface area contributed by atoms with E-state index >= 15 is 0 Å². The first-order chi connectivity index (χ1) is 19.5. The predicted molar refractivity (Wildman–Crippen MR) is 148 cm³/mol. The van der Waals surface area contributed by atoms with Gasteiger partial charge in [0.25, 0.3) is 0 Å². The zero-order valence-corrected chi connectivity index (χ0v) is 23.4. The van der Waals surface area contributed by atoms with E-state index in [1.807, 2.05) is 0 Å². The van der Waals surface area contributed by atoms with Crippen LogP contribution in [0.1, 0.15) is 5.56 Å². The number of nitrogens with zero attached hydrogens (tertiary/aromatic N) is 4. The van der Waals surface area contributed by atoms with Gasteiger partial charge in [-0.25, -0.2) is 9.18 Å². The highest BCUT2D eigenvalue weighted by Crippen LogP contribution is 2.48. The van der Waals surface area contributed by atoms with Gasteiger partial charge in [-0.2, -0.15) is 18.2 Å². The average molecular weight is 613 g/mol. The molecular weight excluding hydrogens is 588 g/mol. The summed E-state index contributed by atoms with van der Waals surface area (Å²) < 4.78 is 70.3. The number of thioether (sulfide) groups is 1.